The molecule has 0 fully saturated rings. The second kappa shape index (κ2) is 21.5. The average Bonchev–Trinajstić information content (AvgIpc) is 3.08. The minimum absolute atomic E-state index is 0.191. The summed E-state index contributed by atoms with van der Waals surface area (Å²) >= 11 is 0. The van der Waals surface area contributed by atoms with Gasteiger partial charge in [-0.25, -0.2) is 9.59 Å². The minimum atomic E-state index is -1.11. The van der Waals surface area contributed by atoms with Gasteiger partial charge in [-0.15, -0.1) is 0 Å². The first-order valence-corrected chi connectivity index (χ1v) is 16.2. The monoisotopic (exact) mass is 708 g/mol. The molecule has 0 heterocycles. The SMILES string of the molecule is CCCCC(CCC)c1cc([N+](=O)[O-])cc([N+](=O)[O-])c1OC(=O)OC.CCCCCC(CC)c1cc([N+](=O)[O-])cc([N+](=O)[O-])c1OC(=O)OC. The summed E-state index contributed by atoms with van der Waals surface area (Å²) in [5, 5.41) is 45.0. The molecule has 0 saturated carbocycles. The Morgan fingerprint density at radius 2 is 1.00 bits per heavy atom. The smallest absolute Gasteiger partial charge is 0.437 e. The molecule has 50 heavy (non-hydrogen) atoms. The zero-order valence-corrected chi connectivity index (χ0v) is 29.0. The van der Waals surface area contributed by atoms with Gasteiger partial charge < -0.3 is 18.9 Å². The number of rotatable bonds is 18. The van der Waals surface area contributed by atoms with Gasteiger partial charge in [-0.05, 0) is 37.5 Å². The Labute approximate surface area is 288 Å². The molecule has 0 bridgehead atoms. The molecule has 0 saturated heterocycles. The molecule has 0 spiro atoms. The molecule has 2 aromatic rings. The number of unbranched alkanes of at least 4 members (excludes halogenated alkanes) is 3. The second-order valence-corrected chi connectivity index (χ2v) is 11.1. The molecule has 2 aromatic carbocycles. The molecule has 276 valence electrons. The third-order valence-corrected chi connectivity index (χ3v) is 7.76. The lowest BCUT2D eigenvalue weighted by Crippen LogP contribution is -2.13. The van der Waals surface area contributed by atoms with E-state index in [0.717, 1.165) is 64.9 Å². The standard InChI is InChI=1S/2C16H22N2O7/c1-4-6-7-8-11(5-2)13-9-12(17(20)21)10-14(18(22)23)15(13)25-16(19)24-3;1-4-6-8-11(7-5-2)13-9-12(17(20)21)10-14(18(22)23)15(13)25-16(19)24-3/h2*9-11H,4-8H2,1-3H3. The molecule has 18 nitrogen and oxygen atoms in total. The van der Waals surface area contributed by atoms with Crippen molar-refractivity contribution >= 4 is 35.1 Å². The highest BCUT2D eigenvalue weighted by Gasteiger charge is 2.32. The Morgan fingerprint density at radius 3 is 1.34 bits per heavy atom. The van der Waals surface area contributed by atoms with Crippen LogP contribution in [0.15, 0.2) is 24.3 Å². The molecule has 0 aliphatic rings. The normalized spacial score (nSPS) is 11.6. The van der Waals surface area contributed by atoms with Gasteiger partial charge in [-0.3, -0.25) is 40.5 Å². The summed E-state index contributed by atoms with van der Waals surface area (Å²) in [6, 6.07) is 4.08. The van der Waals surface area contributed by atoms with Crippen molar-refractivity contribution in [3.05, 3.63) is 75.8 Å². The summed E-state index contributed by atoms with van der Waals surface area (Å²) < 4.78 is 18.8. The lowest BCUT2D eigenvalue weighted by atomic mass is 9.88. The van der Waals surface area contributed by atoms with Crippen LogP contribution >= 0.6 is 0 Å². The maximum Gasteiger partial charge on any atom is 0.513 e. The van der Waals surface area contributed by atoms with E-state index in [1.807, 2.05) is 27.7 Å². The van der Waals surface area contributed by atoms with Gasteiger partial charge in [0, 0.05) is 23.3 Å². The van der Waals surface area contributed by atoms with Gasteiger partial charge in [0.1, 0.15) is 0 Å². The second-order valence-electron chi connectivity index (χ2n) is 11.1. The van der Waals surface area contributed by atoms with Gasteiger partial charge in [-0.1, -0.05) is 66.2 Å². The molecular formula is C32H44N4O14. The van der Waals surface area contributed by atoms with Crippen molar-refractivity contribution < 1.29 is 48.2 Å². The van der Waals surface area contributed by atoms with Crippen LogP contribution in [0.25, 0.3) is 0 Å². The maximum atomic E-state index is 11.5. The van der Waals surface area contributed by atoms with Crippen LogP contribution in [0.5, 0.6) is 11.5 Å². The quantitative estimate of drug-likeness (QED) is 0.0460. The highest BCUT2D eigenvalue weighted by Crippen LogP contribution is 2.44. The maximum absolute atomic E-state index is 11.5. The fraction of sp³-hybridized carbons (Fsp3) is 0.562. The van der Waals surface area contributed by atoms with Crippen LogP contribution in [0.1, 0.15) is 115 Å². The Bertz CT molecular complexity index is 1510. The fourth-order valence-electron chi connectivity index (χ4n) is 5.28. The largest absolute Gasteiger partial charge is 0.513 e. The number of carbonyl (C=O) groups is 2. The molecule has 0 amide bonds. The topological polar surface area (TPSA) is 244 Å². The number of benzene rings is 2. The van der Waals surface area contributed by atoms with Crippen LogP contribution in [0, 0.1) is 40.5 Å². The molecule has 2 atom stereocenters. The third kappa shape index (κ3) is 12.6. The van der Waals surface area contributed by atoms with Crippen LogP contribution in [0.2, 0.25) is 0 Å². The molecule has 0 aromatic heterocycles. The van der Waals surface area contributed by atoms with E-state index in [1.54, 1.807) is 0 Å². The Kier molecular flexibility index (Phi) is 18.3. The number of hydrogen-bond donors (Lipinski definition) is 0. The molecular weight excluding hydrogens is 664 g/mol. The van der Waals surface area contributed by atoms with E-state index in [9.17, 15) is 50.0 Å². The van der Waals surface area contributed by atoms with Crippen molar-refractivity contribution in [3.8, 4) is 11.5 Å². The van der Waals surface area contributed by atoms with Crippen molar-refractivity contribution in [2.45, 2.75) is 104 Å². The van der Waals surface area contributed by atoms with E-state index in [4.69, 9.17) is 9.47 Å². The minimum Gasteiger partial charge on any atom is -0.437 e. The van der Waals surface area contributed by atoms with Gasteiger partial charge in [0.05, 0.1) is 46.0 Å². The van der Waals surface area contributed by atoms with Gasteiger partial charge in [0.25, 0.3) is 11.4 Å². The average molecular weight is 709 g/mol. The molecule has 0 aliphatic heterocycles. The highest BCUT2D eigenvalue weighted by molar-refractivity contribution is 5.70. The van der Waals surface area contributed by atoms with E-state index in [2.05, 4.69) is 9.47 Å². The first kappa shape index (κ1) is 42.6. The number of methoxy groups -OCH3 is 2. The number of hydrogen-bond acceptors (Lipinski definition) is 14. The van der Waals surface area contributed by atoms with Crippen LogP contribution in [0.3, 0.4) is 0 Å². The third-order valence-electron chi connectivity index (χ3n) is 7.76. The lowest BCUT2D eigenvalue weighted by molar-refractivity contribution is -0.395. The number of nitro groups is 4. The molecule has 18 heteroatoms. The fourth-order valence-corrected chi connectivity index (χ4v) is 5.28. The Hall–Kier alpha value is -5.42. The zero-order chi connectivity index (χ0) is 38.0. The number of non-ortho nitro benzene ring substituents is 2. The van der Waals surface area contributed by atoms with Gasteiger partial charge in [0.15, 0.2) is 0 Å². The molecule has 0 radical (unpaired) electrons. The first-order valence-electron chi connectivity index (χ1n) is 16.2. The summed E-state index contributed by atoms with van der Waals surface area (Å²) in [5.74, 6) is -0.962. The van der Waals surface area contributed by atoms with E-state index >= 15 is 0 Å². The summed E-state index contributed by atoms with van der Waals surface area (Å²) in [5.41, 5.74) is -1.48. The van der Waals surface area contributed by atoms with Crippen molar-refractivity contribution in [3.63, 3.8) is 0 Å². The van der Waals surface area contributed by atoms with Crippen molar-refractivity contribution in [1.29, 1.82) is 0 Å². The molecule has 0 N–H and O–H groups in total. The molecule has 0 aliphatic carbocycles. The van der Waals surface area contributed by atoms with E-state index in [0.29, 0.717) is 31.2 Å². The van der Waals surface area contributed by atoms with Crippen molar-refractivity contribution in [1.82, 2.24) is 0 Å². The van der Waals surface area contributed by atoms with E-state index in [1.165, 1.54) is 12.1 Å². The number of ether oxygens (including phenoxy) is 4. The van der Waals surface area contributed by atoms with Crippen LogP contribution < -0.4 is 9.47 Å². The number of carbonyl (C=O) groups excluding carboxylic acids is 2. The summed E-state index contributed by atoms with van der Waals surface area (Å²) in [7, 11) is 2.16. The lowest BCUT2D eigenvalue weighted by Gasteiger charge is -2.19. The van der Waals surface area contributed by atoms with Gasteiger partial charge in [-0.2, -0.15) is 0 Å². The summed E-state index contributed by atoms with van der Waals surface area (Å²) in [6.45, 7) is 7.88. The predicted octanol–water partition coefficient (Wildman–Crippen LogP) is 9.44. The van der Waals surface area contributed by atoms with Crippen LogP contribution in [-0.4, -0.2) is 46.2 Å². The van der Waals surface area contributed by atoms with Crippen molar-refractivity contribution in [2.24, 2.45) is 0 Å². The van der Waals surface area contributed by atoms with Gasteiger partial charge >= 0.3 is 23.7 Å². The first-order chi connectivity index (χ1) is 23.7. The number of nitro benzene ring substituents is 4. The van der Waals surface area contributed by atoms with Crippen molar-refractivity contribution in [2.75, 3.05) is 14.2 Å². The van der Waals surface area contributed by atoms with E-state index < -0.39 is 54.8 Å². The van der Waals surface area contributed by atoms with E-state index in [-0.39, 0.29) is 28.9 Å². The van der Waals surface area contributed by atoms with Crippen LogP contribution in [0.4, 0.5) is 32.3 Å². The number of nitrogens with zero attached hydrogens (tertiary/aromatic N) is 4. The zero-order valence-electron chi connectivity index (χ0n) is 29.0. The highest BCUT2D eigenvalue weighted by atomic mass is 16.7. The summed E-state index contributed by atoms with van der Waals surface area (Å²) in [4.78, 5) is 65.0. The molecule has 2 unspecified atom stereocenters. The summed E-state index contributed by atoms with van der Waals surface area (Å²) in [6.07, 6.45) is 5.77. The Morgan fingerprint density at radius 1 is 0.580 bits per heavy atom. The van der Waals surface area contributed by atoms with Crippen LogP contribution in [-0.2, 0) is 9.47 Å². The molecule has 2 rings (SSSR count). The predicted molar refractivity (Wildman–Crippen MR) is 180 cm³/mol. The van der Waals surface area contributed by atoms with Gasteiger partial charge in [0.2, 0.25) is 11.5 Å². The Balaban J connectivity index is 0.000000500.